The van der Waals surface area contributed by atoms with Gasteiger partial charge in [-0.1, -0.05) is 29.4 Å². The molecule has 1 N–H and O–H groups in total. The Morgan fingerprint density at radius 3 is 2.71 bits per heavy atom. The lowest BCUT2D eigenvalue weighted by atomic mass is 10.2. The fraction of sp³-hybridized carbons (Fsp3) is 0. The summed E-state index contributed by atoms with van der Waals surface area (Å²) in [6.07, 6.45) is 0. The average molecular weight is 323 g/mol. The molecule has 24 heavy (non-hydrogen) atoms. The number of carbonyl (C=O) groups excluding carboxylic acids is 1. The zero-order chi connectivity index (χ0) is 16.5. The number of nitrogens with one attached hydrogen (secondary N) is 1. The first-order valence-electron chi connectivity index (χ1n) is 7.08. The molecule has 0 spiro atoms. The molecule has 4 rings (SSSR count). The molecule has 2 aromatic heterocycles. The molecule has 0 aliphatic rings. The van der Waals surface area contributed by atoms with E-state index in [4.69, 9.17) is 8.83 Å². The molecule has 4 aromatic rings. The molecule has 0 saturated heterocycles. The fourth-order valence-corrected chi connectivity index (χ4v) is 2.26. The summed E-state index contributed by atoms with van der Waals surface area (Å²) in [5.74, 6) is -0.699. The molecule has 118 valence electrons. The minimum Gasteiger partial charge on any atom is -0.451 e. The molecule has 0 aliphatic carbocycles. The molecule has 0 aliphatic heterocycles. The highest BCUT2D eigenvalue weighted by Crippen LogP contribution is 2.22. The van der Waals surface area contributed by atoms with Gasteiger partial charge in [0, 0.05) is 10.9 Å². The molecule has 7 heteroatoms. The second-order valence-electron chi connectivity index (χ2n) is 5.03. The van der Waals surface area contributed by atoms with E-state index in [1.807, 2.05) is 18.2 Å². The van der Waals surface area contributed by atoms with Crippen LogP contribution in [-0.4, -0.2) is 16.1 Å². The summed E-state index contributed by atoms with van der Waals surface area (Å²) >= 11 is 0. The SMILES string of the molecule is O=C(Nc1nnc(-c2cccc(F)c2)o1)c1cc2ccccc2o1. The normalized spacial score (nSPS) is 10.9. The van der Waals surface area contributed by atoms with Crippen LogP contribution in [0, 0.1) is 5.82 Å². The summed E-state index contributed by atoms with van der Waals surface area (Å²) in [5.41, 5.74) is 1.03. The van der Waals surface area contributed by atoms with E-state index in [0.29, 0.717) is 11.1 Å². The van der Waals surface area contributed by atoms with Crippen LogP contribution in [0.1, 0.15) is 10.6 Å². The second-order valence-corrected chi connectivity index (χ2v) is 5.03. The molecule has 2 heterocycles. The van der Waals surface area contributed by atoms with Crippen molar-refractivity contribution in [2.45, 2.75) is 0 Å². The first-order valence-corrected chi connectivity index (χ1v) is 7.08. The lowest BCUT2D eigenvalue weighted by Crippen LogP contribution is -2.10. The molecule has 6 nitrogen and oxygen atoms in total. The van der Waals surface area contributed by atoms with Crippen molar-refractivity contribution in [3.63, 3.8) is 0 Å². The maximum absolute atomic E-state index is 13.2. The van der Waals surface area contributed by atoms with Crippen molar-refractivity contribution >= 4 is 22.9 Å². The number of halogens is 1. The van der Waals surface area contributed by atoms with E-state index < -0.39 is 11.7 Å². The molecule has 0 bridgehead atoms. The maximum atomic E-state index is 13.2. The minimum absolute atomic E-state index is 0.0975. The molecule has 0 atom stereocenters. The number of carbonyl (C=O) groups is 1. The molecular weight excluding hydrogens is 313 g/mol. The van der Waals surface area contributed by atoms with Crippen molar-refractivity contribution in [2.24, 2.45) is 0 Å². The largest absolute Gasteiger partial charge is 0.451 e. The zero-order valence-corrected chi connectivity index (χ0v) is 12.2. The summed E-state index contributed by atoms with van der Waals surface area (Å²) in [6, 6.07) is 14.5. The minimum atomic E-state index is -0.513. The standard InChI is InChI=1S/C17H10FN3O3/c18-12-6-3-5-11(8-12)16-20-21-17(24-16)19-15(22)14-9-10-4-1-2-7-13(10)23-14/h1-9H,(H,19,21,22). The van der Waals surface area contributed by atoms with Crippen LogP contribution in [0.3, 0.4) is 0 Å². The summed E-state index contributed by atoms with van der Waals surface area (Å²) in [4.78, 5) is 12.2. The Labute approximate surface area is 134 Å². The van der Waals surface area contributed by atoms with E-state index in [2.05, 4.69) is 15.5 Å². The molecule has 0 fully saturated rings. The summed E-state index contributed by atoms with van der Waals surface area (Å²) in [5, 5.41) is 10.8. The van der Waals surface area contributed by atoms with Gasteiger partial charge in [-0.3, -0.25) is 10.1 Å². The van der Waals surface area contributed by atoms with Gasteiger partial charge < -0.3 is 8.83 Å². The second kappa shape index (κ2) is 5.62. The number of fused-ring (bicyclic) bond motifs is 1. The first kappa shape index (κ1) is 14.1. The summed E-state index contributed by atoms with van der Waals surface area (Å²) in [6.45, 7) is 0. The Kier molecular flexibility index (Phi) is 3.31. The average Bonchev–Trinajstić information content (AvgIpc) is 3.21. The van der Waals surface area contributed by atoms with Crippen LogP contribution < -0.4 is 5.32 Å². The third-order valence-corrected chi connectivity index (χ3v) is 3.37. The highest BCUT2D eigenvalue weighted by atomic mass is 19.1. The Balaban J connectivity index is 1.56. The number of aromatic nitrogens is 2. The van der Waals surface area contributed by atoms with Crippen LogP contribution in [-0.2, 0) is 0 Å². The van der Waals surface area contributed by atoms with Crippen molar-refractivity contribution in [1.82, 2.24) is 10.2 Å². The maximum Gasteiger partial charge on any atom is 0.322 e. The van der Waals surface area contributed by atoms with E-state index in [9.17, 15) is 9.18 Å². The van der Waals surface area contributed by atoms with Crippen LogP contribution in [0.15, 0.2) is 63.4 Å². The van der Waals surface area contributed by atoms with Crippen LogP contribution in [0.4, 0.5) is 10.4 Å². The summed E-state index contributed by atoms with van der Waals surface area (Å²) < 4.78 is 24.0. The quantitative estimate of drug-likeness (QED) is 0.619. The van der Waals surface area contributed by atoms with Gasteiger partial charge in [0.2, 0.25) is 5.89 Å². The number of hydrogen-bond acceptors (Lipinski definition) is 5. The van der Waals surface area contributed by atoms with Crippen molar-refractivity contribution in [2.75, 3.05) is 5.32 Å². The molecule has 0 radical (unpaired) electrons. The van der Waals surface area contributed by atoms with Crippen LogP contribution in [0.5, 0.6) is 0 Å². The Morgan fingerprint density at radius 2 is 1.88 bits per heavy atom. The van der Waals surface area contributed by atoms with E-state index in [1.165, 1.54) is 18.2 Å². The van der Waals surface area contributed by atoms with E-state index in [0.717, 1.165) is 5.39 Å². The van der Waals surface area contributed by atoms with Crippen LogP contribution in [0.2, 0.25) is 0 Å². The number of rotatable bonds is 3. The first-order chi connectivity index (χ1) is 11.7. The lowest BCUT2D eigenvalue weighted by molar-refractivity contribution is 0.0996. The zero-order valence-electron chi connectivity index (χ0n) is 12.2. The van der Waals surface area contributed by atoms with E-state index in [1.54, 1.807) is 18.2 Å². The van der Waals surface area contributed by atoms with Crippen LogP contribution >= 0.6 is 0 Å². The third-order valence-electron chi connectivity index (χ3n) is 3.37. The van der Waals surface area contributed by atoms with E-state index >= 15 is 0 Å². The van der Waals surface area contributed by atoms with Gasteiger partial charge in [-0.25, -0.2) is 4.39 Å². The number of furan rings is 1. The highest BCUT2D eigenvalue weighted by molar-refractivity contribution is 6.03. The van der Waals surface area contributed by atoms with Crippen molar-refractivity contribution in [3.05, 3.63) is 66.2 Å². The van der Waals surface area contributed by atoms with Crippen molar-refractivity contribution in [1.29, 1.82) is 0 Å². The van der Waals surface area contributed by atoms with Gasteiger partial charge in [0.1, 0.15) is 11.4 Å². The number of amides is 1. The van der Waals surface area contributed by atoms with Crippen LogP contribution in [0.25, 0.3) is 22.4 Å². The van der Waals surface area contributed by atoms with E-state index in [-0.39, 0.29) is 17.7 Å². The Morgan fingerprint density at radius 1 is 1.00 bits per heavy atom. The lowest BCUT2D eigenvalue weighted by Gasteiger charge is -1.96. The molecule has 1 amide bonds. The third kappa shape index (κ3) is 2.63. The number of para-hydroxylation sites is 1. The topological polar surface area (TPSA) is 81.2 Å². The predicted octanol–water partition coefficient (Wildman–Crippen LogP) is 3.87. The molecule has 0 unspecified atom stereocenters. The van der Waals surface area contributed by atoms with Crippen molar-refractivity contribution in [3.8, 4) is 11.5 Å². The van der Waals surface area contributed by atoms with Gasteiger partial charge in [0.05, 0.1) is 0 Å². The van der Waals surface area contributed by atoms with Gasteiger partial charge in [-0.15, -0.1) is 5.10 Å². The highest BCUT2D eigenvalue weighted by Gasteiger charge is 2.16. The monoisotopic (exact) mass is 323 g/mol. The number of hydrogen-bond donors (Lipinski definition) is 1. The summed E-state index contributed by atoms with van der Waals surface area (Å²) in [7, 11) is 0. The Hall–Kier alpha value is -3.48. The molecule has 2 aromatic carbocycles. The number of benzene rings is 2. The van der Waals surface area contributed by atoms with Gasteiger partial charge in [0.15, 0.2) is 5.76 Å². The smallest absolute Gasteiger partial charge is 0.322 e. The van der Waals surface area contributed by atoms with Gasteiger partial charge in [0.25, 0.3) is 5.91 Å². The fourth-order valence-electron chi connectivity index (χ4n) is 2.26. The van der Waals surface area contributed by atoms with Gasteiger partial charge >= 0.3 is 6.01 Å². The Bertz CT molecular complexity index is 1010. The predicted molar refractivity (Wildman–Crippen MR) is 83.9 cm³/mol. The van der Waals surface area contributed by atoms with Gasteiger partial charge in [-0.2, -0.15) is 0 Å². The number of anilines is 1. The van der Waals surface area contributed by atoms with Gasteiger partial charge in [-0.05, 0) is 30.3 Å². The molecular formula is C17H10FN3O3. The number of nitrogens with zero attached hydrogens (tertiary/aromatic N) is 2. The van der Waals surface area contributed by atoms with Crippen molar-refractivity contribution < 1.29 is 18.0 Å². The molecule has 0 saturated carbocycles.